The van der Waals surface area contributed by atoms with Crippen LogP contribution in [-0.4, -0.2) is 28.8 Å². The molecule has 2 aromatic carbocycles. The predicted octanol–water partition coefficient (Wildman–Crippen LogP) is 2.45. The summed E-state index contributed by atoms with van der Waals surface area (Å²) < 4.78 is 5.41. The van der Waals surface area contributed by atoms with E-state index in [0.717, 1.165) is 17.2 Å². The number of benzene rings is 2. The second-order valence-electron chi connectivity index (χ2n) is 5.36. The Morgan fingerprint density at radius 1 is 1.32 bits per heavy atom. The van der Waals surface area contributed by atoms with Crippen molar-refractivity contribution in [1.82, 2.24) is 5.43 Å². The Morgan fingerprint density at radius 3 is 2.76 bits per heavy atom. The number of rotatable bonds is 6. The summed E-state index contributed by atoms with van der Waals surface area (Å²) in [5.74, 6) is -0.295. The van der Waals surface area contributed by atoms with Crippen molar-refractivity contribution in [3.8, 4) is 11.5 Å². The average Bonchev–Trinajstić information content (AvgIpc) is 2.55. The van der Waals surface area contributed by atoms with E-state index >= 15 is 0 Å². The van der Waals surface area contributed by atoms with Crippen molar-refractivity contribution < 1.29 is 19.6 Å². The Kier molecular flexibility index (Phi) is 5.67. The number of phenols is 1. The minimum absolute atomic E-state index is 0.211. The van der Waals surface area contributed by atoms with Crippen LogP contribution in [0.15, 0.2) is 41.5 Å². The largest absolute Gasteiger partial charge is 0.502 e. The van der Waals surface area contributed by atoms with E-state index in [9.17, 15) is 20.0 Å². The number of hydrogen-bond acceptors (Lipinski definition) is 6. The molecule has 0 aliphatic rings. The van der Waals surface area contributed by atoms with Gasteiger partial charge >= 0.3 is 5.69 Å². The van der Waals surface area contributed by atoms with E-state index in [0.29, 0.717) is 11.3 Å². The van der Waals surface area contributed by atoms with E-state index in [2.05, 4.69) is 10.5 Å². The molecule has 1 amide bonds. The highest BCUT2D eigenvalue weighted by Gasteiger charge is 2.12. The van der Waals surface area contributed by atoms with E-state index in [-0.39, 0.29) is 6.61 Å². The monoisotopic (exact) mass is 343 g/mol. The maximum absolute atomic E-state index is 11.7. The molecule has 0 aliphatic carbocycles. The van der Waals surface area contributed by atoms with Crippen LogP contribution in [0.5, 0.6) is 11.5 Å². The first-order chi connectivity index (χ1) is 11.9. The average molecular weight is 343 g/mol. The number of nitro benzene ring substituents is 1. The minimum Gasteiger partial charge on any atom is -0.502 e. The number of phenolic OH excluding ortho intramolecular Hbond substituents is 1. The Labute approximate surface area is 143 Å². The van der Waals surface area contributed by atoms with Crippen LogP contribution in [0, 0.1) is 24.0 Å². The van der Waals surface area contributed by atoms with Crippen LogP contribution in [0.25, 0.3) is 0 Å². The van der Waals surface area contributed by atoms with Crippen LogP contribution in [0.2, 0.25) is 0 Å². The smallest absolute Gasteiger partial charge is 0.311 e. The molecule has 2 aromatic rings. The standard InChI is InChI=1S/C17H17N3O5/c1-11-3-6-16(12(2)7-11)25-10-17(22)19-18-9-13-4-5-15(21)14(8-13)20(23)24/h3-9,21H,10H2,1-2H3,(H,19,22)/b18-9-. The van der Waals surface area contributed by atoms with Crippen LogP contribution in [0.3, 0.4) is 0 Å². The van der Waals surface area contributed by atoms with Gasteiger partial charge in [0.25, 0.3) is 5.91 Å². The molecule has 0 fully saturated rings. The van der Waals surface area contributed by atoms with Crippen molar-refractivity contribution in [2.75, 3.05) is 6.61 Å². The number of hydrogen-bond donors (Lipinski definition) is 2. The third-order valence-electron chi connectivity index (χ3n) is 3.29. The number of nitrogens with one attached hydrogen (secondary N) is 1. The summed E-state index contributed by atoms with van der Waals surface area (Å²) in [4.78, 5) is 21.7. The fraction of sp³-hybridized carbons (Fsp3) is 0.176. The molecule has 0 bridgehead atoms. The molecule has 0 spiro atoms. The molecule has 0 heterocycles. The van der Waals surface area contributed by atoms with Crippen molar-refractivity contribution in [3.05, 3.63) is 63.2 Å². The molecule has 0 aliphatic heterocycles. The zero-order valence-electron chi connectivity index (χ0n) is 13.7. The first-order valence-electron chi connectivity index (χ1n) is 7.36. The summed E-state index contributed by atoms with van der Waals surface area (Å²) in [6, 6.07) is 9.39. The molecule has 130 valence electrons. The number of ether oxygens (including phenoxy) is 1. The SMILES string of the molecule is Cc1ccc(OCC(=O)N/N=C\c2ccc(O)c([N+](=O)[O-])c2)c(C)c1. The molecule has 0 saturated carbocycles. The normalized spacial score (nSPS) is 10.6. The van der Waals surface area contributed by atoms with Gasteiger partial charge in [0.2, 0.25) is 0 Å². The van der Waals surface area contributed by atoms with Crippen molar-refractivity contribution in [2.24, 2.45) is 5.10 Å². The van der Waals surface area contributed by atoms with Gasteiger partial charge in [-0.3, -0.25) is 14.9 Å². The van der Waals surface area contributed by atoms with E-state index < -0.39 is 22.3 Å². The molecule has 0 saturated heterocycles. The second-order valence-corrected chi connectivity index (χ2v) is 5.36. The van der Waals surface area contributed by atoms with Gasteiger partial charge in [0.1, 0.15) is 5.75 Å². The lowest BCUT2D eigenvalue weighted by molar-refractivity contribution is -0.385. The minimum atomic E-state index is -0.705. The summed E-state index contributed by atoms with van der Waals surface area (Å²) in [6.45, 7) is 3.64. The van der Waals surface area contributed by atoms with Crippen LogP contribution >= 0.6 is 0 Å². The summed E-state index contributed by atoms with van der Waals surface area (Å²) in [5.41, 5.74) is 4.22. The fourth-order valence-electron chi connectivity index (χ4n) is 2.08. The van der Waals surface area contributed by atoms with Crippen LogP contribution in [0.4, 0.5) is 5.69 Å². The number of nitrogens with zero attached hydrogens (tertiary/aromatic N) is 2. The first-order valence-corrected chi connectivity index (χ1v) is 7.36. The van der Waals surface area contributed by atoms with Gasteiger partial charge in [-0.1, -0.05) is 17.7 Å². The summed E-state index contributed by atoms with van der Waals surface area (Å²) in [7, 11) is 0. The molecule has 25 heavy (non-hydrogen) atoms. The lowest BCUT2D eigenvalue weighted by Crippen LogP contribution is -2.24. The van der Waals surface area contributed by atoms with Crippen molar-refractivity contribution in [3.63, 3.8) is 0 Å². The third-order valence-corrected chi connectivity index (χ3v) is 3.29. The zero-order chi connectivity index (χ0) is 18.4. The Hall–Kier alpha value is -3.42. The topological polar surface area (TPSA) is 114 Å². The molecule has 2 rings (SSSR count). The van der Waals surface area contributed by atoms with Crippen molar-refractivity contribution in [2.45, 2.75) is 13.8 Å². The Balaban J connectivity index is 1.90. The Bertz CT molecular complexity index is 833. The maximum Gasteiger partial charge on any atom is 0.311 e. The highest BCUT2D eigenvalue weighted by molar-refractivity contribution is 5.84. The van der Waals surface area contributed by atoms with Crippen LogP contribution in [-0.2, 0) is 4.79 Å². The van der Waals surface area contributed by atoms with Crippen molar-refractivity contribution in [1.29, 1.82) is 0 Å². The van der Waals surface area contributed by atoms with E-state index in [1.165, 1.54) is 18.3 Å². The van der Waals surface area contributed by atoms with Gasteiger partial charge in [-0.05, 0) is 37.6 Å². The van der Waals surface area contributed by atoms with Crippen LogP contribution < -0.4 is 10.2 Å². The van der Waals surface area contributed by atoms with Gasteiger partial charge in [-0.25, -0.2) is 5.43 Å². The molecule has 2 N–H and O–H groups in total. The molecule has 0 radical (unpaired) electrons. The lowest BCUT2D eigenvalue weighted by atomic mass is 10.1. The highest BCUT2D eigenvalue weighted by atomic mass is 16.6. The van der Waals surface area contributed by atoms with Crippen molar-refractivity contribution >= 4 is 17.8 Å². The molecule has 0 aromatic heterocycles. The number of carbonyl (C=O) groups is 1. The van der Waals surface area contributed by atoms with E-state index in [1.54, 1.807) is 6.07 Å². The van der Waals surface area contributed by atoms with E-state index in [1.807, 2.05) is 26.0 Å². The number of hydrazone groups is 1. The molecule has 0 unspecified atom stereocenters. The van der Waals surface area contributed by atoms with Gasteiger partial charge in [-0.15, -0.1) is 0 Å². The summed E-state index contributed by atoms with van der Waals surface area (Å²) in [6.07, 6.45) is 1.24. The number of nitro groups is 1. The van der Waals surface area contributed by atoms with Gasteiger partial charge in [0, 0.05) is 11.6 Å². The number of carbonyl (C=O) groups excluding carboxylic acids is 1. The van der Waals surface area contributed by atoms with Gasteiger partial charge in [0.05, 0.1) is 11.1 Å². The number of amides is 1. The molecular formula is C17H17N3O5. The summed E-state index contributed by atoms with van der Waals surface area (Å²) >= 11 is 0. The number of aryl methyl sites for hydroxylation is 2. The van der Waals surface area contributed by atoms with Gasteiger partial charge in [0.15, 0.2) is 12.4 Å². The van der Waals surface area contributed by atoms with E-state index in [4.69, 9.17) is 4.74 Å². The first kappa shape index (κ1) is 17.9. The Morgan fingerprint density at radius 2 is 2.08 bits per heavy atom. The summed E-state index contributed by atoms with van der Waals surface area (Å²) in [5, 5.41) is 23.8. The quantitative estimate of drug-likeness (QED) is 0.475. The number of aromatic hydroxyl groups is 1. The molecule has 8 heteroatoms. The van der Waals surface area contributed by atoms with Crippen LogP contribution in [0.1, 0.15) is 16.7 Å². The highest BCUT2D eigenvalue weighted by Crippen LogP contribution is 2.25. The third kappa shape index (κ3) is 5.03. The molecule has 0 atom stereocenters. The van der Waals surface area contributed by atoms with Gasteiger partial charge < -0.3 is 9.84 Å². The second kappa shape index (κ2) is 7.91. The predicted molar refractivity (Wildman–Crippen MR) is 91.9 cm³/mol. The zero-order valence-corrected chi connectivity index (χ0v) is 13.7. The molecule has 8 nitrogen and oxygen atoms in total. The maximum atomic E-state index is 11.7. The molecular weight excluding hydrogens is 326 g/mol. The fourth-order valence-corrected chi connectivity index (χ4v) is 2.08. The van der Waals surface area contributed by atoms with Gasteiger partial charge in [-0.2, -0.15) is 5.10 Å². The lowest BCUT2D eigenvalue weighted by Gasteiger charge is -2.08.